The zero-order valence-corrected chi connectivity index (χ0v) is 61.5. The van der Waals surface area contributed by atoms with Gasteiger partial charge in [0, 0.05) is 136 Å². The van der Waals surface area contributed by atoms with Crippen molar-refractivity contribution in [2.45, 2.75) is 114 Å². The van der Waals surface area contributed by atoms with E-state index in [9.17, 15) is 28.8 Å². The lowest BCUT2D eigenvalue weighted by Crippen LogP contribution is -2.36. The molecule has 0 bridgehead atoms. The molecule has 5 aliphatic rings. The second kappa shape index (κ2) is 30.2. The van der Waals surface area contributed by atoms with Gasteiger partial charge in [-0.25, -0.2) is 24.9 Å². The first kappa shape index (κ1) is 71.6. The van der Waals surface area contributed by atoms with Crippen molar-refractivity contribution in [2.24, 2.45) is 0 Å². The van der Waals surface area contributed by atoms with E-state index < -0.39 is 0 Å². The molecule has 0 radical (unpaired) electrons. The number of carbonyl (C=O) groups excluding carboxylic acids is 6. The third-order valence-corrected chi connectivity index (χ3v) is 21.6. The van der Waals surface area contributed by atoms with Gasteiger partial charge in [0.2, 0.25) is 29.5 Å². The van der Waals surface area contributed by atoms with Crippen LogP contribution >= 0.6 is 0 Å². The lowest BCUT2D eigenvalue weighted by molar-refractivity contribution is -0.125. The van der Waals surface area contributed by atoms with Crippen molar-refractivity contribution in [2.75, 3.05) is 5.73 Å². The molecule has 0 spiro atoms. The van der Waals surface area contributed by atoms with Crippen LogP contribution in [0.3, 0.4) is 0 Å². The first-order valence-corrected chi connectivity index (χ1v) is 37.4. The van der Waals surface area contributed by atoms with Crippen LogP contribution in [-0.2, 0) is 35.2 Å². The number of para-hydroxylation sites is 3. The van der Waals surface area contributed by atoms with Gasteiger partial charge >= 0.3 is 0 Å². The third kappa shape index (κ3) is 13.7. The van der Waals surface area contributed by atoms with Crippen molar-refractivity contribution in [1.82, 2.24) is 74.3 Å². The molecule has 10 aromatic heterocycles. The number of carbonyl (C=O) groups is 6. The normalized spacial score (nSPS) is 18.7. The molecule has 5 unspecified atom stereocenters. The Labute approximate surface area is 638 Å². The largest absolute Gasteiger partial charge is 0.399 e. The Morgan fingerprint density at radius 2 is 0.613 bits per heavy atom. The lowest BCUT2D eigenvalue weighted by atomic mass is 10.0. The van der Waals surface area contributed by atoms with Crippen LogP contribution in [0.15, 0.2) is 262 Å². The molecule has 5 amide bonds. The van der Waals surface area contributed by atoms with E-state index in [1.54, 1.807) is 37.9 Å². The van der Waals surface area contributed by atoms with Gasteiger partial charge in [-0.05, 0) is 192 Å². The molecule has 0 saturated carbocycles. The Morgan fingerprint density at radius 1 is 0.342 bits per heavy atom. The summed E-state index contributed by atoms with van der Waals surface area (Å²) in [7, 11) is 0. The third-order valence-electron chi connectivity index (χ3n) is 21.6. The average molecular weight is 1470 g/mol. The van der Waals surface area contributed by atoms with Crippen LogP contribution in [0.2, 0.25) is 0 Å². The number of allylic oxidation sites excluding steroid dienone is 5. The molecule has 5 aliphatic heterocycles. The molecule has 5 atom stereocenters. The van der Waals surface area contributed by atoms with Crippen LogP contribution in [-0.4, -0.2) is 83.1 Å². The molecular formula is C89H82N16O6. The number of nitrogen functional groups attached to an aromatic ring is 1. The quantitative estimate of drug-likeness (QED) is 0.0775. The van der Waals surface area contributed by atoms with E-state index in [1.165, 1.54) is 10.8 Å². The van der Waals surface area contributed by atoms with Crippen molar-refractivity contribution in [3.63, 3.8) is 0 Å². The van der Waals surface area contributed by atoms with Crippen molar-refractivity contribution >= 4 is 151 Å². The molecule has 5 fully saturated rings. The fraction of sp³-hybridized carbons (Fsp3) is 0.202. The Morgan fingerprint density at radius 3 is 0.973 bits per heavy atom. The number of rotatable bonds is 8. The predicted molar refractivity (Wildman–Crippen MR) is 437 cm³/mol. The molecule has 20 rings (SSSR count). The van der Waals surface area contributed by atoms with E-state index in [1.807, 2.05) is 141 Å². The maximum absolute atomic E-state index is 12.6. The summed E-state index contributed by atoms with van der Waals surface area (Å²) in [6, 6.07) is 55.1. The summed E-state index contributed by atoms with van der Waals surface area (Å²) in [6.45, 7) is 20.9. The van der Waals surface area contributed by atoms with Crippen LogP contribution in [0.1, 0.15) is 113 Å². The van der Waals surface area contributed by atoms with Crippen molar-refractivity contribution < 1.29 is 28.8 Å². The lowest BCUT2D eigenvalue weighted by Gasteiger charge is -2.26. The minimum atomic E-state index is -0.293. The summed E-state index contributed by atoms with van der Waals surface area (Å²) in [4.78, 5) is 95.9. The van der Waals surface area contributed by atoms with Crippen molar-refractivity contribution in [3.05, 3.63) is 268 Å². The number of ketones is 1. The zero-order valence-electron chi connectivity index (χ0n) is 61.5. The fourth-order valence-electron chi connectivity index (χ4n) is 16.4. The number of aryl methyl sites for hydroxylation is 1. The topological polar surface area (TPSA) is 278 Å². The number of benzene rings is 5. The van der Waals surface area contributed by atoms with Crippen LogP contribution in [0.4, 0.5) is 5.69 Å². The highest BCUT2D eigenvalue weighted by atomic mass is 16.2. The van der Waals surface area contributed by atoms with E-state index in [0.717, 1.165) is 197 Å². The Bertz CT molecular complexity index is 5880. The van der Waals surface area contributed by atoms with Crippen molar-refractivity contribution in [1.29, 1.82) is 0 Å². The van der Waals surface area contributed by atoms with Gasteiger partial charge in [0.05, 0.1) is 16.6 Å². The minimum absolute atomic E-state index is 0.000411. The fourth-order valence-corrected chi connectivity index (χ4v) is 16.4. The molecule has 5 aromatic carbocycles. The van der Waals surface area contributed by atoms with E-state index in [4.69, 9.17) is 5.73 Å². The van der Waals surface area contributed by atoms with E-state index in [-0.39, 0.29) is 65.5 Å². The highest BCUT2D eigenvalue weighted by molar-refractivity contribution is 6.12. The zero-order chi connectivity index (χ0) is 76.7. The summed E-state index contributed by atoms with van der Waals surface area (Å²) >= 11 is 0. The van der Waals surface area contributed by atoms with Gasteiger partial charge < -0.3 is 55.4 Å². The van der Waals surface area contributed by atoms with Crippen LogP contribution in [0, 0.1) is 0 Å². The number of nitrogens with one attached hydrogen (secondary N) is 5. The molecule has 15 aromatic rings. The molecule has 554 valence electrons. The number of hydrogen-bond donors (Lipinski definition) is 6. The molecule has 5 saturated heterocycles. The maximum Gasteiger partial charge on any atom is 0.247 e. The number of anilines is 1. The Kier molecular flexibility index (Phi) is 19.5. The summed E-state index contributed by atoms with van der Waals surface area (Å²) in [6.07, 6.45) is 17.7. The first-order chi connectivity index (χ1) is 54.0. The first-order valence-electron chi connectivity index (χ1n) is 37.4. The number of amides is 5. The number of fused-ring (bicyclic) bond motifs is 15. The standard InChI is InChI=1S/C21H21N3O2.C18H16N2O.C17H16N4O.C17H15N3O.C16H14N4O/c1-13-5-9-19(21(26)23-13)24-18-10-8-15(7-6-14(2)25)12-17(18)16-4-3-11-22-20(16)24;1-12-10-11-17(18(21)19-12)20-15-8-4-2-6-13(15)14-7-3-5-9-16(14)20;1-10-4-6-15(17(22)20-10)21-14-7-5-11(18)9-13(14)12-3-2-8-19-16(12)21;1-11-8-9-15(17(21)19-11)20-14-7-3-2-5-12(14)13-6-4-10-18-16(13)20;1-10-6-7-13(16(21)19-10)20-14-11(4-2-8-17-14)12-5-3-9-18-15(12)20/h3-4,8,10-12,19H,1,5-7,9H2,2H3,(H,23,26);2-9,17H,1,10-11H2,(H,19,21);2-3,5,7-9,15H,1,4,6,18H2,(H,20,22);2-7,10,15H,1,8-9H2,(H,19,21);2-5,8-9,13H,1,6-7H2,(H,19,21). The predicted octanol–water partition coefficient (Wildman–Crippen LogP) is 15.9. The molecule has 15 heterocycles. The number of Topliss-reactive ketones (excluding diaryl/α,β-unsaturated/α-hetero) is 1. The van der Waals surface area contributed by atoms with Gasteiger partial charge in [0.25, 0.3) is 0 Å². The second-order valence-electron chi connectivity index (χ2n) is 28.8. The number of nitrogens with two attached hydrogens (primary N) is 1. The monoisotopic (exact) mass is 1470 g/mol. The Balaban J connectivity index is 0.000000105. The maximum atomic E-state index is 12.6. The molecular weight excluding hydrogens is 1390 g/mol. The molecule has 22 nitrogen and oxygen atoms in total. The van der Waals surface area contributed by atoms with Gasteiger partial charge in [-0.1, -0.05) is 93.6 Å². The Hall–Kier alpha value is -13.6. The van der Waals surface area contributed by atoms with E-state index >= 15 is 0 Å². The summed E-state index contributed by atoms with van der Waals surface area (Å²) < 4.78 is 10.2. The van der Waals surface area contributed by atoms with Gasteiger partial charge in [-0.15, -0.1) is 0 Å². The van der Waals surface area contributed by atoms with Gasteiger partial charge in [0.1, 0.15) is 64.2 Å². The highest BCUT2D eigenvalue weighted by Crippen LogP contribution is 2.41. The summed E-state index contributed by atoms with van der Waals surface area (Å²) in [5.41, 5.74) is 21.1. The number of pyridine rings is 5. The molecule has 0 aliphatic carbocycles. The van der Waals surface area contributed by atoms with Crippen LogP contribution < -0.4 is 32.3 Å². The average Bonchev–Trinajstić information content (AvgIpc) is 1.63. The SMILES string of the molecule is C=C1CCC(n2c3ccc(CCC(C)=O)cc3c3cccnc32)C(=O)N1.C=C1CCC(n2c3ccc(N)cc3c3cccnc32)C(=O)N1.C=C1CCC(n2c3ccccc3c3ccccc32)C(=O)N1.C=C1CCC(n2c3ccccc3c3cccnc32)C(=O)N1.C=C1CCC(n2c3ncccc3c3cccnc32)C(=O)N1. The molecule has 7 N–H and O–H groups in total. The number of nitrogens with zero attached hydrogens (tertiary/aromatic N) is 10. The number of piperidine rings is 5. The summed E-state index contributed by atoms with van der Waals surface area (Å²) in [5.74, 6) is 0.121. The molecule has 111 heavy (non-hydrogen) atoms. The number of hydrogen-bond acceptors (Lipinski definition) is 12. The van der Waals surface area contributed by atoms with E-state index in [2.05, 4.69) is 136 Å². The van der Waals surface area contributed by atoms with Gasteiger partial charge in [0.15, 0.2) is 0 Å². The van der Waals surface area contributed by atoms with E-state index in [0.29, 0.717) is 18.5 Å². The summed E-state index contributed by atoms with van der Waals surface area (Å²) in [5, 5.41) is 25.1. The van der Waals surface area contributed by atoms with Crippen LogP contribution in [0.25, 0.3) is 110 Å². The van der Waals surface area contributed by atoms with Crippen LogP contribution in [0.5, 0.6) is 0 Å². The van der Waals surface area contributed by atoms with Crippen molar-refractivity contribution in [3.8, 4) is 0 Å². The van der Waals surface area contributed by atoms with Gasteiger partial charge in [-0.3, -0.25) is 28.5 Å². The smallest absolute Gasteiger partial charge is 0.247 e. The van der Waals surface area contributed by atoms with Gasteiger partial charge in [-0.2, -0.15) is 0 Å². The second-order valence-corrected chi connectivity index (χ2v) is 28.8. The highest BCUT2D eigenvalue weighted by Gasteiger charge is 2.34. The minimum Gasteiger partial charge on any atom is -0.399 e. The molecule has 22 heteroatoms. The number of aromatic nitrogens is 10.